The van der Waals surface area contributed by atoms with E-state index in [9.17, 15) is 4.79 Å². The number of para-hydroxylation sites is 1. The van der Waals surface area contributed by atoms with Crippen molar-refractivity contribution in [2.45, 2.75) is 25.6 Å². The Morgan fingerprint density at radius 2 is 2.22 bits per heavy atom. The van der Waals surface area contributed by atoms with Gasteiger partial charge in [-0.05, 0) is 25.0 Å². The average molecular weight is 317 g/mol. The number of carbonyl (C=O) groups excluding carboxylic acids is 1. The van der Waals surface area contributed by atoms with E-state index in [1.165, 1.54) is 6.39 Å². The van der Waals surface area contributed by atoms with Crippen molar-refractivity contribution in [3.05, 3.63) is 42.5 Å². The Labute approximate surface area is 134 Å². The minimum absolute atomic E-state index is 0.0112. The number of nitrogens with zero attached hydrogens (tertiary/aromatic N) is 3. The van der Waals surface area contributed by atoms with Gasteiger partial charge >= 0.3 is 0 Å². The van der Waals surface area contributed by atoms with E-state index in [4.69, 9.17) is 9.47 Å². The van der Waals surface area contributed by atoms with Crippen LogP contribution in [0.3, 0.4) is 0 Å². The average Bonchev–Trinajstić information content (AvgIpc) is 3.12. The molecule has 0 radical (unpaired) electrons. The summed E-state index contributed by atoms with van der Waals surface area (Å²) in [6.07, 6.45) is 3.09. The number of aromatic nitrogens is 2. The Bertz CT molecular complexity index is 603. The van der Waals surface area contributed by atoms with Gasteiger partial charge in [-0.2, -0.15) is 4.98 Å². The van der Waals surface area contributed by atoms with Crippen LogP contribution >= 0.6 is 0 Å². The van der Waals surface area contributed by atoms with E-state index < -0.39 is 0 Å². The maximum atomic E-state index is 12.3. The molecule has 1 amide bonds. The smallest absolute Gasteiger partial charge is 0.260 e. The zero-order valence-electron chi connectivity index (χ0n) is 12.8. The third kappa shape index (κ3) is 4.53. The minimum Gasteiger partial charge on any atom is -0.484 e. The number of hydrogen-bond donors (Lipinski definition) is 0. The highest BCUT2D eigenvalue weighted by molar-refractivity contribution is 5.77. The molecule has 0 saturated carbocycles. The lowest BCUT2D eigenvalue weighted by Gasteiger charge is -2.32. The molecule has 23 heavy (non-hydrogen) atoms. The van der Waals surface area contributed by atoms with Crippen LogP contribution in [0, 0.1) is 0 Å². The van der Waals surface area contributed by atoms with Gasteiger partial charge < -0.3 is 18.9 Å². The van der Waals surface area contributed by atoms with Crippen LogP contribution in [-0.4, -0.2) is 46.7 Å². The summed E-state index contributed by atoms with van der Waals surface area (Å²) in [5.74, 6) is 1.19. The highest BCUT2D eigenvalue weighted by atomic mass is 16.5. The zero-order chi connectivity index (χ0) is 15.9. The van der Waals surface area contributed by atoms with Gasteiger partial charge in [0.2, 0.25) is 6.39 Å². The van der Waals surface area contributed by atoms with Crippen molar-refractivity contribution in [1.82, 2.24) is 15.0 Å². The summed E-state index contributed by atoms with van der Waals surface area (Å²) in [5.41, 5.74) is 0. The van der Waals surface area contributed by atoms with E-state index in [2.05, 4.69) is 14.7 Å². The number of hydrogen-bond acceptors (Lipinski definition) is 6. The van der Waals surface area contributed by atoms with E-state index in [-0.39, 0.29) is 18.6 Å². The Balaban J connectivity index is 1.44. The Morgan fingerprint density at radius 3 is 3.00 bits per heavy atom. The molecule has 1 fully saturated rings. The van der Waals surface area contributed by atoms with Crippen molar-refractivity contribution in [2.24, 2.45) is 0 Å². The second-order valence-electron chi connectivity index (χ2n) is 5.36. The SMILES string of the molecule is O=C(COc1ccccc1)N1CCCC(OCc2ncon2)C1. The molecule has 1 aromatic carbocycles. The quantitative estimate of drug-likeness (QED) is 0.806. The van der Waals surface area contributed by atoms with E-state index in [0.717, 1.165) is 19.4 Å². The molecule has 2 heterocycles. The molecule has 1 aliphatic heterocycles. The zero-order valence-corrected chi connectivity index (χ0v) is 12.8. The van der Waals surface area contributed by atoms with Crippen LogP contribution in [0.15, 0.2) is 41.2 Å². The molecule has 3 rings (SSSR count). The molecule has 2 aromatic rings. The van der Waals surface area contributed by atoms with Gasteiger partial charge in [-0.15, -0.1) is 0 Å². The van der Waals surface area contributed by atoms with Crippen LogP contribution in [0.25, 0.3) is 0 Å². The van der Waals surface area contributed by atoms with Gasteiger partial charge in [0.15, 0.2) is 12.4 Å². The van der Waals surface area contributed by atoms with Crippen LogP contribution in [-0.2, 0) is 16.1 Å². The number of benzene rings is 1. The summed E-state index contributed by atoms with van der Waals surface area (Å²) < 4.78 is 15.9. The Morgan fingerprint density at radius 1 is 1.35 bits per heavy atom. The highest BCUT2D eigenvalue weighted by Crippen LogP contribution is 2.15. The van der Waals surface area contributed by atoms with E-state index >= 15 is 0 Å². The van der Waals surface area contributed by atoms with Gasteiger partial charge in [0.05, 0.1) is 6.10 Å². The summed E-state index contributed by atoms with van der Waals surface area (Å²) in [6, 6.07) is 9.33. The number of carbonyl (C=O) groups is 1. The largest absolute Gasteiger partial charge is 0.484 e. The van der Waals surface area contributed by atoms with Crippen molar-refractivity contribution in [3.63, 3.8) is 0 Å². The lowest BCUT2D eigenvalue weighted by molar-refractivity contribution is -0.137. The van der Waals surface area contributed by atoms with Crippen LogP contribution in [0.2, 0.25) is 0 Å². The molecule has 122 valence electrons. The molecule has 1 aromatic heterocycles. The second-order valence-corrected chi connectivity index (χ2v) is 5.36. The topological polar surface area (TPSA) is 77.7 Å². The number of amides is 1. The summed E-state index contributed by atoms with van der Waals surface area (Å²) in [4.78, 5) is 18.0. The third-order valence-corrected chi connectivity index (χ3v) is 3.69. The number of ether oxygens (including phenoxy) is 2. The van der Waals surface area contributed by atoms with E-state index in [1.807, 2.05) is 30.3 Å². The Hall–Kier alpha value is -2.41. The molecule has 1 aliphatic rings. The van der Waals surface area contributed by atoms with Crippen molar-refractivity contribution < 1.29 is 18.8 Å². The summed E-state index contributed by atoms with van der Waals surface area (Å²) in [6.45, 7) is 1.64. The third-order valence-electron chi connectivity index (χ3n) is 3.69. The van der Waals surface area contributed by atoms with Gasteiger partial charge in [-0.25, -0.2) is 0 Å². The van der Waals surface area contributed by atoms with Crippen molar-refractivity contribution in [1.29, 1.82) is 0 Å². The van der Waals surface area contributed by atoms with Crippen LogP contribution in [0.5, 0.6) is 5.75 Å². The molecule has 1 unspecified atom stereocenters. The first-order valence-electron chi connectivity index (χ1n) is 7.64. The lowest BCUT2D eigenvalue weighted by Crippen LogP contribution is -2.45. The molecule has 1 saturated heterocycles. The van der Waals surface area contributed by atoms with Crippen molar-refractivity contribution in [3.8, 4) is 5.75 Å². The molecule has 0 aliphatic carbocycles. The first kappa shape index (κ1) is 15.5. The van der Waals surface area contributed by atoms with Gasteiger partial charge in [0.1, 0.15) is 12.4 Å². The molecule has 7 heteroatoms. The fourth-order valence-corrected chi connectivity index (χ4v) is 2.50. The van der Waals surface area contributed by atoms with E-state index in [1.54, 1.807) is 4.90 Å². The predicted octanol–water partition coefficient (Wildman–Crippen LogP) is 1.66. The molecule has 7 nitrogen and oxygen atoms in total. The second kappa shape index (κ2) is 7.73. The van der Waals surface area contributed by atoms with Crippen LogP contribution in [0.4, 0.5) is 0 Å². The minimum atomic E-state index is -0.0262. The number of likely N-dealkylation sites (tertiary alicyclic amines) is 1. The maximum Gasteiger partial charge on any atom is 0.260 e. The van der Waals surface area contributed by atoms with Gasteiger partial charge in [-0.1, -0.05) is 23.4 Å². The van der Waals surface area contributed by atoms with Crippen LogP contribution in [0.1, 0.15) is 18.7 Å². The van der Waals surface area contributed by atoms with Gasteiger partial charge in [-0.3, -0.25) is 4.79 Å². The molecule has 0 bridgehead atoms. The number of piperidine rings is 1. The molecular formula is C16H19N3O4. The molecular weight excluding hydrogens is 298 g/mol. The molecule has 1 atom stereocenters. The standard InChI is InChI=1S/C16H19N3O4/c20-16(11-22-13-5-2-1-3-6-13)19-8-4-7-14(9-19)21-10-15-17-12-23-18-15/h1-3,5-6,12,14H,4,7-11H2. The van der Waals surface area contributed by atoms with Crippen molar-refractivity contribution >= 4 is 5.91 Å². The van der Waals surface area contributed by atoms with Gasteiger partial charge in [0.25, 0.3) is 5.91 Å². The monoisotopic (exact) mass is 317 g/mol. The fourth-order valence-electron chi connectivity index (χ4n) is 2.50. The Kier molecular flexibility index (Phi) is 5.21. The normalized spacial score (nSPS) is 17.9. The highest BCUT2D eigenvalue weighted by Gasteiger charge is 2.24. The van der Waals surface area contributed by atoms with Crippen LogP contribution < -0.4 is 4.74 Å². The maximum absolute atomic E-state index is 12.3. The summed E-state index contributed by atoms with van der Waals surface area (Å²) in [5, 5.41) is 3.71. The first-order valence-corrected chi connectivity index (χ1v) is 7.64. The summed E-state index contributed by atoms with van der Waals surface area (Å²) in [7, 11) is 0. The molecule has 0 N–H and O–H groups in total. The first-order chi connectivity index (χ1) is 11.3. The number of rotatable bonds is 6. The molecule has 0 spiro atoms. The summed E-state index contributed by atoms with van der Waals surface area (Å²) >= 11 is 0. The van der Waals surface area contributed by atoms with Crippen molar-refractivity contribution in [2.75, 3.05) is 19.7 Å². The predicted molar refractivity (Wildman–Crippen MR) is 80.6 cm³/mol. The fraction of sp³-hybridized carbons (Fsp3) is 0.438. The van der Waals surface area contributed by atoms with E-state index in [0.29, 0.717) is 24.7 Å². The van der Waals surface area contributed by atoms with Gasteiger partial charge in [0, 0.05) is 13.1 Å². The lowest BCUT2D eigenvalue weighted by atomic mass is 10.1.